The SMILES string of the molecule is Cn1c(=O)n(C)c2cc(S(=O)(=O)NCc3cccc4nonc34)c(Br)cc21. The lowest BCUT2D eigenvalue weighted by Crippen LogP contribution is -2.24. The van der Waals surface area contributed by atoms with Crippen LogP contribution in [0.25, 0.3) is 22.1 Å². The van der Waals surface area contributed by atoms with Gasteiger partial charge in [-0.25, -0.2) is 22.6 Å². The molecule has 0 saturated heterocycles. The Bertz CT molecular complexity index is 1350. The van der Waals surface area contributed by atoms with Crippen LogP contribution in [0.1, 0.15) is 5.56 Å². The molecule has 140 valence electrons. The summed E-state index contributed by atoms with van der Waals surface area (Å²) < 4.78 is 36.2. The predicted octanol–water partition coefficient (Wildman–Crippen LogP) is 1.65. The van der Waals surface area contributed by atoms with E-state index >= 15 is 0 Å². The zero-order valence-electron chi connectivity index (χ0n) is 14.3. The van der Waals surface area contributed by atoms with Crippen LogP contribution in [0.5, 0.6) is 0 Å². The van der Waals surface area contributed by atoms with Crippen molar-refractivity contribution in [1.29, 1.82) is 0 Å². The van der Waals surface area contributed by atoms with Crippen LogP contribution in [-0.2, 0) is 30.7 Å². The van der Waals surface area contributed by atoms with Crippen LogP contribution in [0.3, 0.4) is 0 Å². The van der Waals surface area contributed by atoms with Gasteiger partial charge in [-0.2, -0.15) is 0 Å². The van der Waals surface area contributed by atoms with E-state index in [0.29, 0.717) is 32.1 Å². The number of rotatable bonds is 4. The summed E-state index contributed by atoms with van der Waals surface area (Å²) in [5.41, 5.74) is 2.61. The average Bonchev–Trinajstić information content (AvgIpc) is 3.20. The molecule has 0 radical (unpaired) electrons. The average molecular weight is 452 g/mol. The number of hydrogen-bond acceptors (Lipinski definition) is 6. The zero-order valence-corrected chi connectivity index (χ0v) is 16.7. The Hall–Kier alpha value is -2.50. The van der Waals surface area contributed by atoms with Crippen molar-refractivity contribution >= 4 is 48.0 Å². The molecule has 2 aromatic carbocycles. The number of nitrogens with zero attached hydrogens (tertiary/aromatic N) is 4. The molecule has 0 aliphatic rings. The predicted molar refractivity (Wildman–Crippen MR) is 102 cm³/mol. The minimum absolute atomic E-state index is 0.0199. The number of aromatic nitrogens is 4. The van der Waals surface area contributed by atoms with E-state index in [1.54, 1.807) is 38.4 Å². The first kappa shape index (κ1) is 17.9. The molecule has 0 spiro atoms. The van der Waals surface area contributed by atoms with E-state index in [9.17, 15) is 13.2 Å². The molecule has 4 rings (SSSR count). The fourth-order valence-corrected chi connectivity index (χ4v) is 5.02. The first-order valence-corrected chi connectivity index (χ1v) is 10.1. The van der Waals surface area contributed by atoms with Gasteiger partial charge in [-0.1, -0.05) is 12.1 Å². The highest BCUT2D eigenvalue weighted by molar-refractivity contribution is 9.10. The minimum Gasteiger partial charge on any atom is -0.295 e. The molecule has 27 heavy (non-hydrogen) atoms. The van der Waals surface area contributed by atoms with Gasteiger partial charge in [-0.15, -0.1) is 0 Å². The van der Waals surface area contributed by atoms with Crippen molar-refractivity contribution in [2.24, 2.45) is 14.1 Å². The van der Waals surface area contributed by atoms with Gasteiger partial charge in [-0.05, 0) is 50.0 Å². The summed E-state index contributed by atoms with van der Waals surface area (Å²) in [4.78, 5) is 12.1. The Labute approximate surface area is 161 Å². The fraction of sp³-hybridized carbons (Fsp3) is 0.188. The number of benzene rings is 2. The van der Waals surface area contributed by atoms with Gasteiger partial charge in [0.05, 0.1) is 15.9 Å². The molecule has 2 aromatic heterocycles. The van der Waals surface area contributed by atoms with Crippen LogP contribution in [-0.4, -0.2) is 27.9 Å². The maximum absolute atomic E-state index is 12.9. The Morgan fingerprint density at radius 3 is 2.59 bits per heavy atom. The number of sulfonamides is 1. The van der Waals surface area contributed by atoms with Crippen LogP contribution in [0.15, 0.2) is 49.1 Å². The van der Waals surface area contributed by atoms with Crippen LogP contribution < -0.4 is 10.4 Å². The van der Waals surface area contributed by atoms with Crippen LogP contribution in [0.4, 0.5) is 0 Å². The highest BCUT2D eigenvalue weighted by Gasteiger charge is 2.21. The second-order valence-corrected chi connectivity index (χ2v) is 8.64. The molecule has 0 aliphatic carbocycles. The van der Waals surface area contributed by atoms with Gasteiger partial charge in [0, 0.05) is 25.1 Å². The smallest absolute Gasteiger partial charge is 0.295 e. The molecule has 2 heterocycles. The summed E-state index contributed by atoms with van der Waals surface area (Å²) in [6.45, 7) is 0.0199. The Morgan fingerprint density at radius 2 is 1.85 bits per heavy atom. The molecule has 0 unspecified atom stereocenters. The Kier molecular flexibility index (Phi) is 4.17. The van der Waals surface area contributed by atoms with Crippen molar-refractivity contribution in [3.63, 3.8) is 0 Å². The van der Waals surface area contributed by atoms with Gasteiger partial charge in [0.2, 0.25) is 10.0 Å². The van der Waals surface area contributed by atoms with Gasteiger partial charge in [-0.3, -0.25) is 9.13 Å². The molecule has 1 N–H and O–H groups in total. The van der Waals surface area contributed by atoms with Gasteiger partial charge in [0.15, 0.2) is 0 Å². The molecule has 9 nitrogen and oxygen atoms in total. The lowest BCUT2D eigenvalue weighted by Gasteiger charge is -2.10. The molecule has 0 aliphatic heterocycles. The van der Waals surface area contributed by atoms with Gasteiger partial charge in [0.1, 0.15) is 11.0 Å². The molecule has 0 bridgehead atoms. The molecule has 0 fully saturated rings. The second kappa shape index (κ2) is 6.29. The van der Waals surface area contributed by atoms with Crippen LogP contribution in [0.2, 0.25) is 0 Å². The molecular weight excluding hydrogens is 438 g/mol. The van der Waals surface area contributed by atoms with E-state index in [1.807, 2.05) is 0 Å². The maximum Gasteiger partial charge on any atom is 0.328 e. The lowest BCUT2D eigenvalue weighted by atomic mass is 10.2. The van der Waals surface area contributed by atoms with Gasteiger partial charge >= 0.3 is 5.69 Å². The van der Waals surface area contributed by atoms with E-state index in [-0.39, 0.29) is 17.1 Å². The van der Waals surface area contributed by atoms with Gasteiger partial charge < -0.3 is 0 Å². The molecule has 4 aromatic rings. The standard InChI is InChI=1S/C16H14BrN5O4S/c1-21-12-6-10(17)14(7-13(12)22(2)16(21)23)27(24,25)18-8-9-4-3-5-11-15(9)20-26-19-11/h3-7,18H,8H2,1-2H3. The number of nitrogens with one attached hydrogen (secondary N) is 1. The fourth-order valence-electron chi connectivity index (χ4n) is 2.96. The monoisotopic (exact) mass is 451 g/mol. The summed E-state index contributed by atoms with van der Waals surface area (Å²) in [5.74, 6) is 0. The molecule has 0 atom stereocenters. The number of fused-ring (bicyclic) bond motifs is 2. The van der Waals surface area contributed by atoms with Crippen molar-refractivity contribution in [2.75, 3.05) is 0 Å². The lowest BCUT2D eigenvalue weighted by molar-refractivity contribution is 0.315. The van der Waals surface area contributed by atoms with Crippen LogP contribution in [0, 0.1) is 0 Å². The number of halogens is 1. The van der Waals surface area contributed by atoms with E-state index in [1.165, 1.54) is 15.2 Å². The van der Waals surface area contributed by atoms with Crippen molar-refractivity contribution in [2.45, 2.75) is 11.4 Å². The largest absolute Gasteiger partial charge is 0.328 e. The van der Waals surface area contributed by atoms with E-state index in [0.717, 1.165) is 0 Å². The highest BCUT2D eigenvalue weighted by atomic mass is 79.9. The third-order valence-electron chi connectivity index (χ3n) is 4.44. The summed E-state index contributed by atoms with van der Waals surface area (Å²) in [6, 6.07) is 8.31. The Balaban J connectivity index is 1.73. The van der Waals surface area contributed by atoms with Crippen LogP contribution >= 0.6 is 15.9 Å². The molecule has 11 heteroatoms. The van der Waals surface area contributed by atoms with Crippen molar-refractivity contribution in [3.05, 3.63) is 50.9 Å². The minimum atomic E-state index is -3.85. The first-order chi connectivity index (χ1) is 12.8. The summed E-state index contributed by atoms with van der Waals surface area (Å²) in [5, 5.41) is 7.55. The zero-order chi connectivity index (χ0) is 19.3. The first-order valence-electron chi connectivity index (χ1n) is 7.84. The summed E-state index contributed by atoms with van der Waals surface area (Å²) in [6.07, 6.45) is 0. The third kappa shape index (κ3) is 2.87. The number of hydrogen-bond donors (Lipinski definition) is 1. The van der Waals surface area contributed by atoms with Crippen molar-refractivity contribution < 1.29 is 13.0 Å². The number of aryl methyl sites for hydroxylation is 2. The number of imidazole rings is 1. The van der Waals surface area contributed by atoms with E-state index in [4.69, 9.17) is 4.63 Å². The quantitative estimate of drug-likeness (QED) is 0.504. The maximum atomic E-state index is 12.9. The summed E-state index contributed by atoms with van der Waals surface area (Å²) >= 11 is 3.30. The summed E-state index contributed by atoms with van der Waals surface area (Å²) in [7, 11) is -0.620. The molecule has 0 amide bonds. The normalized spacial score (nSPS) is 12.3. The second-order valence-electron chi connectivity index (χ2n) is 6.05. The Morgan fingerprint density at radius 1 is 1.15 bits per heavy atom. The molecular formula is C16H14BrN5O4S. The van der Waals surface area contributed by atoms with Crippen molar-refractivity contribution in [3.8, 4) is 0 Å². The third-order valence-corrected chi connectivity index (χ3v) is 6.80. The van der Waals surface area contributed by atoms with Gasteiger partial charge in [0.25, 0.3) is 0 Å². The molecule has 0 saturated carbocycles. The van der Waals surface area contributed by atoms with Crippen molar-refractivity contribution in [1.82, 2.24) is 24.2 Å². The van der Waals surface area contributed by atoms with E-state index < -0.39 is 10.0 Å². The highest BCUT2D eigenvalue weighted by Crippen LogP contribution is 2.27. The van der Waals surface area contributed by atoms with E-state index in [2.05, 4.69) is 31.0 Å². The topological polar surface area (TPSA) is 112 Å².